The minimum Gasteiger partial charge on any atom is -0.494 e. The minimum atomic E-state index is 0.755. The highest BCUT2D eigenvalue weighted by Crippen LogP contribution is 2.35. The molecule has 156 valence electrons. The van der Waals surface area contributed by atoms with Crippen LogP contribution in [0.15, 0.2) is 65.2 Å². The lowest BCUT2D eigenvalue weighted by Crippen LogP contribution is -1.95. The Morgan fingerprint density at radius 1 is 0.767 bits per heavy atom. The van der Waals surface area contributed by atoms with E-state index in [1.807, 2.05) is 48.7 Å². The second kappa shape index (κ2) is 9.57. The van der Waals surface area contributed by atoms with Crippen LogP contribution in [-0.2, 0) is 0 Å². The maximum absolute atomic E-state index is 6.22. The summed E-state index contributed by atoms with van der Waals surface area (Å²) in [6, 6.07) is 18.3. The molecule has 4 rings (SSSR count). The van der Waals surface area contributed by atoms with Crippen molar-refractivity contribution in [2.24, 2.45) is 0 Å². The Bertz CT molecular complexity index is 1060. The zero-order chi connectivity index (χ0) is 20.8. The molecule has 4 heteroatoms. The van der Waals surface area contributed by atoms with Crippen LogP contribution in [0.5, 0.6) is 11.5 Å². The first kappa shape index (κ1) is 20.1. The predicted octanol–water partition coefficient (Wildman–Crippen LogP) is 7.45. The van der Waals surface area contributed by atoms with Crippen molar-refractivity contribution in [2.45, 2.75) is 39.5 Å². The van der Waals surface area contributed by atoms with Crippen LogP contribution in [0.25, 0.3) is 33.6 Å². The quantitative estimate of drug-likeness (QED) is 0.280. The van der Waals surface area contributed by atoms with Crippen LogP contribution in [0.1, 0.15) is 39.5 Å². The molecule has 2 aromatic carbocycles. The number of H-pyrrole nitrogens is 1. The van der Waals surface area contributed by atoms with Crippen molar-refractivity contribution >= 4 is 11.1 Å². The molecule has 30 heavy (non-hydrogen) atoms. The number of aromatic nitrogens is 1. The molecule has 0 saturated heterocycles. The van der Waals surface area contributed by atoms with Gasteiger partial charge in [-0.25, -0.2) is 0 Å². The van der Waals surface area contributed by atoms with Gasteiger partial charge in [0.25, 0.3) is 0 Å². The van der Waals surface area contributed by atoms with Crippen molar-refractivity contribution < 1.29 is 13.9 Å². The van der Waals surface area contributed by atoms with Crippen LogP contribution < -0.4 is 9.47 Å². The highest BCUT2D eigenvalue weighted by atomic mass is 16.5. The van der Waals surface area contributed by atoms with Crippen LogP contribution >= 0.6 is 0 Å². The van der Waals surface area contributed by atoms with Crippen molar-refractivity contribution in [3.63, 3.8) is 0 Å². The van der Waals surface area contributed by atoms with Crippen molar-refractivity contribution in [2.75, 3.05) is 13.2 Å². The lowest BCUT2D eigenvalue weighted by atomic mass is 10.1. The van der Waals surface area contributed by atoms with Crippen molar-refractivity contribution in [3.05, 3.63) is 60.8 Å². The molecule has 0 radical (unpaired) electrons. The normalized spacial score (nSPS) is 11.1. The predicted molar refractivity (Wildman–Crippen MR) is 122 cm³/mol. The fourth-order valence-corrected chi connectivity index (χ4v) is 3.39. The molecule has 0 fully saturated rings. The van der Waals surface area contributed by atoms with E-state index >= 15 is 0 Å². The highest BCUT2D eigenvalue weighted by Gasteiger charge is 2.13. The van der Waals surface area contributed by atoms with E-state index in [9.17, 15) is 0 Å². The molecule has 0 saturated carbocycles. The number of rotatable bonds is 10. The number of hydrogen-bond acceptors (Lipinski definition) is 3. The molecule has 1 N–H and O–H groups in total. The van der Waals surface area contributed by atoms with Gasteiger partial charge in [-0.15, -0.1) is 0 Å². The van der Waals surface area contributed by atoms with E-state index in [0.717, 1.165) is 83.9 Å². The van der Waals surface area contributed by atoms with E-state index in [1.54, 1.807) is 0 Å². The summed E-state index contributed by atoms with van der Waals surface area (Å²) in [5.74, 6) is 2.64. The van der Waals surface area contributed by atoms with Crippen LogP contribution in [-0.4, -0.2) is 18.2 Å². The summed E-state index contributed by atoms with van der Waals surface area (Å²) in [6.45, 7) is 5.84. The Kier molecular flexibility index (Phi) is 6.43. The Hall–Kier alpha value is -3.14. The summed E-state index contributed by atoms with van der Waals surface area (Å²) < 4.78 is 17.7. The molecule has 0 amide bonds. The lowest BCUT2D eigenvalue weighted by molar-refractivity contribution is 0.309. The molecule has 2 aromatic heterocycles. The summed E-state index contributed by atoms with van der Waals surface area (Å²) in [4.78, 5) is 3.33. The summed E-state index contributed by atoms with van der Waals surface area (Å²) in [6.07, 6.45) is 6.40. The van der Waals surface area contributed by atoms with Gasteiger partial charge in [0.2, 0.25) is 0 Å². The van der Waals surface area contributed by atoms with Gasteiger partial charge in [-0.05, 0) is 54.8 Å². The molecule has 2 heterocycles. The number of benzene rings is 2. The average Bonchev–Trinajstić information content (AvgIpc) is 3.36. The molecular formula is C26H29NO3. The zero-order valence-electron chi connectivity index (χ0n) is 17.7. The first-order valence-electron chi connectivity index (χ1n) is 10.9. The van der Waals surface area contributed by atoms with Crippen molar-refractivity contribution in [1.82, 2.24) is 4.98 Å². The van der Waals surface area contributed by atoms with Gasteiger partial charge in [0.15, 0.2) is 5.58 Å². The average molecular weight is 404 g/mol. The number of unbranched alkanes of at least 4 members (excludes halogenated alkanes) is 2. The number of aromatic amines is 1. The second-order valence-electron chi connectivity index (χ2n) is 7.51. The minimum absolute atomic E-state index is 0.755. The standard InChI is InChI=1S/C26H29NO3/c1-3-5-15-28-21-11-7-19(8-12-21)23-18-27-24-17-25(30-26(23)24)20-9-13-22(14-10-20)29-16-6-4-2/h7-14,17-18,27H,3-6,15-16H2,1-2H3. The van der Waals surface area contributed by atoms with Crippen LogP contribution in [0.3, 0.4) is 0 Å². The first-order valence-corrected chi connectivity index (χ1v) is 10.9. The van der Waals surface area contributed by atoms with Gasteiger partial charge in [-0.3, -0.25) is 0 Å². The van der Waals surface area contributed by atoms with E-state index < -0.39 is 0 Å². The summed E-state index contributed by atoms with van der Waals surface area (Å²) in [5, 5.41) is 0. The SMILES string of the molecule is CCCCOc1ccc(-c2cc3[nH]cc(-c4ccc(OCCCC)cc4)c3o2)cc1. The third-order valence-electron chi connectivity index (χ3n) is 5.19. The Balaban J connectivity index is 1.51. The Morgan fingerprint density at radius 3 is 1.90 bits per heavy atom. The van der Waals surface area contributed by atoms with Gasteiger partial charge in [-0.1, -0.05) is 38.8 Å². The Labute approximate surface area is 177 Å². The van der Waals surface area contributed by atoms with Gasteiger partial charge >= 0.3 is 0 Å². The molecule has 0 aliphatic carbocycles. The van der Waals surface area contributed by atoms with Crippen LogP contribution in [0.2, 0.25) is 0 Å². The molecular weight excluding hydrogens is 374 g/mol. The van der Waals surface area contributed by atoms with E-state index in [2.05, 4.69) is 31.0 Å². The number of furan rings is 1. The molecule has 4 aromatic rings. The van der Waals surface area contributed by atoms with E-state index in [0.29, 0.717) is 0 Å². The zero-order valence-corrected chi connectivity index (χ0v) is 17.7. The summed E-state index contributed by atoms with van der Waals surface area (Å²) in [7, 11) is 0. The molecule has 0 aliphatic rings. The maximum Gasteiger partial charge on any atom is 0.160 e. The first-order chi connectivity index (χ1) is 14.8. The van der Waals surface area contributed by atoms with Crippen LogP contribution in [0.4, 0.5) is 0 Å². The fourth-order valence-electron chi connectivity index (χ4n) is 3.39. The third kappa shape index (κ3) is 4.54. The molecule has 0 spiro atoms. The number of ether oxygens (including phenoxy) is 2. The molecule has 0 aliphatic heterocycles. The van der Waals surface area contributed by atoms with Gasteiger partial charge in [0, 0.05) is 23.4 Å². The second-order valence-corrected chi connectivity index (χ2v) is 7.51. The van der Waals surface area contributed by atoms with Gasteiger partial charge in [0.1, 0.15) is 17.3 Å². The molecule has 0 unspecified atom stereocenters. The Morgan fingerprint density at radius 2 is 1.33 bits per heavy atom. The number of fused-ring (bicyclic) bond motifs is 1. The molecule has 4 nitrogen and oxygen atoms in total. The fraction of sp³-hybridized carbons (Fsp3) is 0.308. The largest absolute Gasteiger partial charge is 0.494 e. The van der Waals surface area contributed by atoms with Crippen molar-refractivity contribution in [3.8, 4) is 33.9 Å². The molecule has 0 bridgehead atoms. The van der Waals surface area contributed by atoms with Crippen LogP contribution in [0, 0.1) is 0 Å². The topological polar surface area (TPSA) is 47.4 Å². The molecule has 0 atom stereocenters. The van der Waals surface area contributed by atoms with E-state index in [4.69, 9.17) is 13.9 Å². The third-order valence-corrected chi connectivity index (χ3v) is 5.19. The summed E-state index contributed by atoms with van der Waals surface area (Å²) >= 11 is 0. The monoisotopic (exact) mass is 403 g/mol. The lowest BCUT2D eigenvalue weighted by Gasteiger charge is -2.06. The van der Waals surface area contributed by atoms with Gasteiger partial charge < -0.3 is 18.9 Å². The van der Waals surface area contributed by atoms with Crippen molar-refractivity contribution in [1.29, 1.82) is 0 Å². The van der Waals surface area contributed by atoms with Gasteiger partial charge in [0.05, 0.1) is 18.7 Å². The van der Waals surface area contributed by atoms with Gasteiger partial charge in [-0.2, -0.15) is 0 Å². The number of nitrogens with one attached hydrogen (secondary N) is 1. The summed E-state index contributed by atoms with van der Waals surface area (Å²) in [5.41, 5.74) is 5.05. The maximum atomic E-state index is 6.22. The van der Waals surface area contributed by atoms with E-state index in [-0.39, 0.29) is 0 Å². The highest BCUT2D eigenvalue weighted by molar-refractivity contribution is 5.93. The smallest absolute Gasteiger partial charge is 0.160 e. The number of hydrogen-bond donors (Lipinski definition) is 1. The van der Waals surface area contributed by atoms with E-state index in [1.165, 1.54) is 0 Å².